The number of thioether (sulfide) groups is 1. The Morgan fingerprint density at radius 2 is 1.93 bits per heavy atom. The third kappa shape index (κ3) is 6.84. The summed E-state index contributed by atoms with van der Waals surface area (Å²) in [5, 5.41) is 14.0. The van der Waals surface area contributed by atoms with E-state index >= 15 is 0 Å². The number of urea groups is 1. The summed E-state index contributed by atoms with van der Waals surface area (Å²) in [6.45, 7) is 0.254. The van der Waals surface area contributed by atoms with Crippen molar-refractivity contribution in [1.29, 1.82) is 0 Å². The van der Waals surface area contributed by atoms with Crippen molar-refractivity contribution in [3.63, 3.8) is 0 Å². The SMILES string of the molecule is O=C(Nc1nnc(SCC(=O)OCc2ccccc2)s1)NC1CCCCC1. The number of anilines is 1. The highest BCUT2D eigenvalue weighted by Crippen LogP contribution is 2.25. The minimum atomic E-state index is -0.316. The van der Waals surface area contributed by atoms with Gasteiger partial charge < -0.3 is 10.1 Å². The average Bonchev–Trinajstić information content (AvgIpc) is 3.13. The van der Waals surface area contributed by atoms with Crippen molar-refractivity contribution in [3.8, 4) is 0 Å². The van der Waals surface area contributed by atoms with Crippen LogP contribution in [-0.4, -0.2) is 34.0 Å². The average molecular weight is 407 g/mol. The molecule has 2 aromatic rings. The number of hydrogen-bond acceptors (Lipinski definition) is 7. The first-order valence-electron chi connectivity index (χ1n) is 8.92. The van der Waals surface area contributed by atoms with Crippen molar-refractivity contribution in [1.82, 2.24) is 15.5 Å². The maximum absolute atomic E-state index is 12.0. The van der Waals surface area contributed by atoms with Gasteiger partial charge in [-0.05, 0) is 18.4 Å². The predicted octanol–water partition coefficient (Wildman–Crippen LogP) is 3.83. The maximum atomic E-state index is 12.0. The number of amides is 2. The highest BCUT2D eigenvalue weighted by Gasteiger charge is 2.17. The second kappa shape index (κ2) is 10.3. The molecule has 1 aromatic carbocycles. The smallest absolute Gasteiger partial charge is 0.321 e. The Morgan fingerprint density at radius 1 is 1.15 bits per heavy atom. The molecule has 0 saturated heterocycles. The van der Waals surface area contributed by atoms with Crippen molar-refractivity contribution in [2.45, 2.75) is 49.1 Å². The monoisotopic (exact) mass is 406 g/mol. The molecule has 27 heavy (non-hydrogen) atoms. The second-order valence-electron chi connectivity index (χ2n) is 6.24. The Labute approximate surface area is 166 Å². The summed E-state index contributed by atoms with van der Waals surface area (Å²) in [5.41, 5.74) is 0.947. The van der Waals surface area contributed by atoms with Crippen LogP contribution < -0.4 is 10.6 Å². The molecule has 2 amide bonds. The molecule has 0 aliphatic heterocycles. The second-order valence-corrected chi connectivity index (χ2v) is 8.44. The lowest BCUT2D eigenvalue weighted by molar-refractivity contribution is -0.141. The predicted molar refractivity (Wildman–Crippen MR) is 106 cm³/mol. The molecule has 1 aromatic heterocycles. The van der Waals surface area contributed by atoms with Gasteiger partial charge in [0, 0.05) is 6.04 Å². The van der Waals surface area contributed by atoms with Gasteiger partial charge in [-0.3, -0.25) is 10.1 Å². The fraction of sp³-hybridized carbons (Fsp3) is 0.444. The number of hydrogen-bond donors (Lipinski definition) is 2. The molecule has 0 unspecified atom stereocenters. The van der Waals surface area contributed by atoms with Gasteiger partial charge in [0.05, 0.1) is 5.75 Å². The van der Waals surface area contributed by atoms with Gasteiger partial charge in [0.2, 0.25) is 5.13 Å². The van der Waals surface area contributed by atoms with E-state index in [0.29, 0.717) is 9.47 Å². The van der Waals surface area contributed by atoms with Crippen LogP contribution in [0.2, 0.25) is 0 Å². The van der Waals surface area contributed by atoms with Crippen LogP contribution in [0.5, 0.6) is 0 Å². The molecule has 0 spiro atoms. The first-order valence-corrected chi connectivity index (χ1v) is 10.7. The van der Waals surface area contributed by atoms with E-state index in [1.807, 2.05) is 30.3 Å². The van der Waals surface area contributed by atoms with Crippen LogP contribution in [0.15, 0.2) is 34.7 Å². The summed E-state index contributed by atoms with van der Waals surface area (Å²) in [6.07, 6.45) is 5.60. The van der Waals surface area contributed by atoms with Crippen LogP contribution in [0.1, 0.15) is 37.7 Å². The van der Waals surface area contributed by atoms with Crippen molar-refractivity contribution in [2.24, 2.45) is 0 Å². The Hall–Kier alpha value is -2.13. The minimum Gasteiger partial charge on any atom is -0.460 e. The fourth-order valence-corrected chi connectivity index (χ4v) is 4.33. The Balaban J connectivity index is 1.37. The lowest BCUT2D eigenvalue weighted by atomic mass is 9.96. The highest BCUT2D eigenvalue weighted by molar-refractivity contribution is 8.01. The summed E-state index contributed by atoms with van der Waals surface area (Å²) in [7, 11) is 0. The molecule has 1 heterocycles. The van der Waals surface area contributed by atoms with Gasteiger partial charge in [-0.15, -0.1) is 10.2 Å². The lowest BCUT2D eigenvalue weighted by Crippen LogP contribution is -2.38. The number of benzene rings is 1. The molecule has 1 aliphatic carbocycles. The molecule has 7 nitrogen and oxygen atoms in total. The van der Waals surface area contributed by atoms with Crippen LogP contribution in [0, 0.1) is 0 Å². The molecular formula is C18H22N4O3S2. The van der Waals surface area contributed by atoms with Gasteiger partial charge in [0.25, 0.3) is 0 Å². The van der Waals surface area contributed by atoms with Crippen LogP contribution in [0.4, 0.5) is 9.93 Å². The van der Waals surface area contributed by atoms with Crippen molar-refractivity contribution >= 4 is 40.2 Å². The molecule has 2 N–H and O–H groups in total. The molecule has 0 radical (unpaired) electrons. The maximum Gasteiger partial charge on any atom is 0.321 e. The van der Waals surface area contributed by atoms with Crippen LogP contribution in [0.3, 0.4) is 0 Å². The molecule has 1 fully saturated rings. The summed E-state index contributed by atoms with van der Waals surface area (Å²) >= 11 is 2.49. The highest BCUT2D eigenvalue weighted by atomic mass is 32.2. The number of ether oxygens (including phenoxy) is 1. The first kappa shape index (κ1) is 19.6. The number of rotatable bonds is 7. The van der Waals surface area contributed by atoms with Gasteiger partial charge in [-0.2, -0.15) is 0 Å². The molecular weight excluding hydrogens is 384 g/mol. The normalized spacial score (nSPS) is 14.5. The molecule has 144 valence electrons. The number of aromatic nitrogens is 2. The Kier molecular flexibility index (Phi) is 7.46. The first-order chi connectivity index (χ1) is 13.2. The molecule has 0 bridgehead atoms. The topological polar surface area (TPSA) is 93.2 Å². The summed E-state index contributed by atoms with van der Waals surface area (Å²) in [5.74, 6) is -0.168. The quantitative estimate of drug-likeness (QED) is 0.412. The van der Waals surface area contributed by atoms with Crippen molar-refractivity contribution in [2.75, 3.05) is 11.1 Å². The number of nitrogens with zero attached hydrogens (tertiary/aromatic N) is 2. The minimum absolute atomic E-state index is 0.149. The van der Waals surface area contributed by atoms with E-state index < -0.39 is 0 Å². The van der Waals surface area contributed by atoms with Gasteiger partial charge in [0.1, 0.15) is 6.61 Å². The molecule has 9 heteroatoms. The summed E-state index contributed by atoms with van der Waals surface area (Å²) in [6, 6.07) is 9.51. The van der Waals surface area contributed by atoms with E-state index in [2.05, 4.69) is 20.8 Å². The van der Waals surface area contributed by atoms with E-state index in [0.717, 1.165) is 31.2 Å². The zero-order chi connectivity index (χ0) is 18.9. The summed E-state index contributed by atoms with van der Waals surface area (Å²) < 4.78 is 5.83. The third-order valence-electron chi connectivity index (χ3n) is 4.12. The molecule has 1 saturated carbocycles. The Morgan fingerprint density at radius 3 is 2.70 bits per heavy atom. The lowest BCUT2D eigenvalue weighted by Gasteiger charge is -2.22. The summed E-state index contributed by atoms with van der Waals surface area (Å²) in [4.78, 5) is 23.8. The standard InChI is InChI=1S/C18H22N4O3S2/c23-15(25-11-13-7-3-1-4-8-13)12-26-18-22-21-17(27-18)20-16(24)19-14-9-5-2-6-10-14/h1,3-4,7-8,14H,2,5-6,9-12H2,(H2,19,20,21,24). The number of esters is 1. The van der Waals surface area contributed by atoms with Gasteiger partial charge in [-0.1, -0.05) is 72.7 Å². The van der Waals surface area contributed by atoms with Crippen molar-refractivity contribution in [3.05, 3.63) is 35.9 Å². The van der Waals surface area contributed by atoms with E-state index in [9.17, 15) is 9.59 Å². The van der Waals surface area contributed by atoms with E-state index in [-0.39, 0.29) is 30.4 Å². The van der Waals surface area contributed by atoms with Gasteiger partial charge >= 0.3 is 12.0 Å². The number of carbonyl (C=O) groups is 2. The van der Waals surface area contributed by atoms with Gasteiger partial charge in [-0.25, -0.2) is 4.79 Å². The number of carbonyl (C=O) groups excluding carboxylic acids is 2. The van der Waals surface area contributed by atoms with E-state index in [4.69, 9.17) is 4.74 Å². The largest absolute Gasteiger partial charge is 0.460 e. The zero-order valence-corrected chi connectivity index (χ0v) is 16.5. The molecule has 1 aliphatic rings. The van der Waals surface area contributed by atoms with E-state index in [1.54, 1.807) is 0 Å². The zero-order valence-electron chi connectivity index (χ0n) is 14.8. The van der Waals surface area contributed by atoms with Crippen LogP contribution in [0.25, 0.3) is 0 Å². The van der Waals surface area contributed by atoms with Crippen LogP contribution >= 0.6 is 23.1 Å². The molecule has 3 rings (SSSR count). The van der Waals surface area contributed by atoms with E-state index in [1.165, 1.54) is 29.5 Å². The third-order valence-corrected chi connectivity index (χ3v) is 6.07. The Bertz CT molecular complexity index is 748. The fourth-order valence-electron chi connectivity index (χ4n) is 2.78. The van der Waals surface area contributed by atoms with Crippen LogP contribution in [-0.2, 0) is 16.1 Å². The molecule has 0 atom stereocenters. The van der Waals surface area contributed by atoms with Gasteiger partial charge in [0.15, 0.2) is 4.34 Å². The van der Waals surface area contributed by atoms with Crippen molar-refractivity contribution < 1.29 is 14.3 Å². The number of nitrogens with one attached hydrogen (secondary N) is 2.